The number of unbranched alkanes of at least 4 members (excludes halogenated alkanes) is 1. The van der Waals surface area contributed by atoms with Crippen molar-refractivity contribution in [3.8, 4) is 0 Å². The van der Waals surface area contributed by atoms with Crippen LogP contribution in [-0.4, -0.2) is 22.0 Å². The summed E-state index contributed by atoms with van der Waals surface area (Å²) in [4.78, 5) is 0. The molecule has 1 aromatic rings. The Morgan fingerprint density at radius 3 is 3.07 bits per heavy atom. The average Bonchev–Trinajstić information content (AvgIpc) is 2.87. The summed E-state index contributed by atoms with van der Waals surface area (Å²) in [5.41, 5.74) is 0. The van der Waals surface area contributed by atoms with Gasteiger partial charge in [0.1, 0.15) is 0 Å². The minimum Gasteiger partial charge on any atom is -0.357 e. The van der Waals surface area contributed by atoms with Crippen LogP contribution in [0.25, 0.3) is 0 Å². The van der Waals surface area contributed by atoms with Crippen LogP contribution in [0.1, 0.15) is 32.6 Å². The predicted octanol–water partition coefficient (Wildman–Crippen LogP) is 3.00. The van der Waals surface area contributed by atoms with Gasteiger partial charge in [-0.05, 0) is 19.3 Å². The second kappa shape index (κ2) is 4.98. The van der Waals surface area contributed by atoms with Crippen molar-refractivity contribution >= 4 is 28.2 Å². The van der Waals surface area contributed by atoms with Crippen LogP contribution in [0.3, 0.4) is 0 Å². The fourth-order valence-electron chi connectivity index (χ4n) is 1.03. The Labute approximate surface area is 92.7 Å². The Bertz CT molecular complexity index is 283. The number of rotatable bonds is 6. The molecule has 0 bridgehead atoms. The molecule has 0 spiro atoms. The number of hydrogen-bond donors (Lipinski definition) is 1. The van der Waals surface area contributed by atoms with Crippen LogP contribution >= 0.6 is 23.1 Å². The van der Waals surface area contributed by atoms with Crippen LogP contribution in [0.2, 0.25) is 0 Å². The minimum atomic E-state index is 0.677. The van der Waals surface area contributed by atoms with E-state index in [0.29, 0.717) is 6.04 Å². The van der Waals surface area contributed by atoms with Gasteiger partial charge in [-0.15, -0.1) is 10.2 Å². The van der Waals surface area contributed by atoms with E-state index in [1.165, 1.54) is 25.7 Å². The number of thioether (sulfide) groups is 1. The molecule has 0 amide bonds. The monoisotopic (exact) mass is 229 g/mol. The first kappa shape index (κ1) is 10.2. The molecule has 5 heteroatoms. The molecule has 1 heterocycles. The van der Waals surface area contributed by atoms with Gasteiger partial charge in [-0.25, -0.2) is 0 Å². The molecule has 1 aromatic heterocycles. The summed E-state index contributed by atoms with van der Waals surface area (Å²) in [6.07, 6.45) is 5.09. The normalized spacial score (nSPS) is 15.8. The number of nitrogens with one attached hydrogen (secondary N) is 1. The lowest BCUT2D eigenvalue weighted by Gasteiger charge is -1.94. The van der Waals surface area contributed by atoms with Crippen molar-refractivity contribution in [2.45, 2.75) is 43.0 Å². The number of hydrogen-bond acceptors (Lipinski definition) is 5. The van der Waals surface area contributed by atoms with E-state index in [4.69, 9.17) is 0 Å². The summed E-state index contributed by atoms with van der Waals surface area (Å²) in [7, 11) is 0. The SMILES string of the molecule is CCCCSc1nnc(NC2CC2)s1. The van der Waals surface area contributed by atoms with Crippen molar-refractivity contribution in [2.24, 2.45) is 0 Å². The van der Waals surface area contributed by atoms with E-state index in [2.05, 4.69) is 22.4 Å². The molecule has 1 N–H and O–H groups in total. The molecule has 1 aliphatic carbocycles. The Balaban J connectivity index is 1.76. The molecule has 14 heavy (non-hydrogen) atoms. The van der Waals surface area contributed by atoms with Gasteiger partial charge in [0, 0.05) is 11.8 Å². The van der Waals surface area contributed by atoms with E-state index >= 15 is 0 Å². The highest BCUT2D eigenvalue weighted by molar-refractivity contribution is 8.01. The first-order valence-corrected chi connectivity index (χ1v) is 6.91. The van der Waals surface area contributed by atoms with Crippen LogP contribution in [0.4, 0.5) is 5.13 Å². The summed E-state index contributed by atoms with van der Waals surface area (Å²) >= 11 is 3.50. The molecule has 1 saturated carbocycles. The van der Waals surface area contributed by atoms with Gasteiger partial charge in [0.15, 0.2) is 4.34 Å². The minimum absolute atomic E-state index is 0.677. The summed E-state index contributed by atoms with van der Waals surface area (Å²) < 4.78 is 1.10. The van der Waals surface area contributed by atoms with E-state index in [0.717, 1.165) is 15.2 Å². The summed E-state index contributed by atoms with van der Waals surface area (Å²) in [6, 6.07) is 0.677. The number of nitrogens with zero attached hydrogens (tertiary/aromatic N) is 2. The van der Waals surface area contributed by atoms with Crippen molar-refractivity contribution in [2.75, 3.05) is 11.1 Å². The Morgan fingerprint density at radius 2 is 2.36 bits per heavy atom. The third-order valence-electron chi connectivity index (χ3n) is 2.03. The fourth-order valence-corrected chi connectivity index (χ4v) is 3.02. The topological polar surface area (TPSA) is 37.8 Å². The van der Waals surface area contributed by atoms with Crippen molar-refractivity contribution < 1.29 is 0 Å². The van der Waals surface area contributed by atoms with Gasteiger partial charge in [0.25, 0.3) is 0 Å². The van der Waals surface area contributed by atoms with Gasteiger partial charge in [0.05, 0.1) is 0 Å². The van der Waals surface area contributed by atoms with Crippen LogP contribution < -0.4 is 5.32 Å². The van der Waals surface area contributed by atoms with Gasteiger partial charge in [-0.3, -0.25) is 0 Å². The molecule has 2 rings (SSSR count). The van der Waals surface area contributed by atoms with Crippen LogP contribution in [0.15, 0.2) is 4.34 Å². The number of aromatic nitrogens is 2. The van der Waals surface area contributed by atoms with Crippen molar-refractivity contribution in [3.05, 3.63) is 0 Å². The maximum Gasteiger partial charge on any atom is 0.206 e. The maximum absolute atomic E-state index is 4.14. The van der Waals surface area contributed by atoms with Gasteiger partial charge in [0.2, 0.25) is 5.13 Å². The van der Waals surface area contributed by atoms with Gasteiger partial charge in [-0.2, -0.15) is 0 Å². The molecule has 0 unspecified atom stereocenters. The highest BCUT2D eigenvalue weighted by atomic mass is 32.2. The van der Waals surface area contributed by atoms with Crippen molar-refractivity contribution in [1.29, 1.82) is 0 Å². The molecule has 0 saturated heterocycles. The average molecular weight is 229 g/mol. The molecule has 1 fully saturated rings. The highest BCUT2D eigenvalue weighted by Gasteiger charge is 2.22. The van der Waals surface area contributed by atoms with E-state index in [-0.39, 0.29) is 0 Å². The lowest BCUT2D eigenvalue weighted by molar-refractivity contribution is 0.894. The summed E-state index contributed by atoms with van der Waals surface area (Å²) in [6.45, 7) is 2.21. The van der Waals surface area contributed by atoms with Crippen LogP contribution in [0, 0.1) is 0 Å². The quantitative estimate of drug-likeness (QED) is 0.601. The standard InChI is InChI=1S/C9H15N3S2/c1-2-3-6-13-9-12-11-8(14-9)10-7-4-5-7/h7H,2-6H2,1H3,(H,10,11). The zero-order valence-electron chi connectivity index (χ0n) is 8.32. The van der Waals surface area contributed by atoms with Crippen LogP contribution in [0.5, 0.6) is 0 Å². The third kappa shape index (κ3) is 3.13. The second-order valence-electron chi connectivity index (χ2n) is 3.49. The molecule has 78 valence electrons. The Hall–Kier alpha value is -0.290. The maximum atomic E-state index is 4.14. The molecule has 0 atom stereocenters. The molecular formula is C9H15N3S2. The molecule has 0 aromatic carbocycles. The van der Waals surface area contributed by atoms with E-state index in [1.807, 2.05) is 11.8 Å². The lowest BCUT2D eigenvalue weighted by atomic mass is 10.4. The zero-order valence-corrected chi connectivity index (χ0v) is 9.96. The highest BCUT2D eigenvalue weighted by Crippen LogP contribution is 2.30. The summed E-state index contributed by atoms with van der Waals surface area (Å²) in [5, 5.41) is 12.6. The molecule has 0 aliphatic heterocycles. The van der Waals surface area contributed by atoms with Crippen molar-refractivity contribution in [3.63, 3.8) is 0 Å². The largest absolute Gasteiger partial charge is 0.357 e. The first-order valence-electron chi connectivity index (χ1n) is 5.11. The van der Waals surface area contributed by atoms with E-state index < -0.39 is 0 Å². The van der Waals surface area contributed by atoms with E-state index in [1.54, 1.807) is 11.3 Å². The lowest BCUT2D eigenvalue weighted by Crippen LogP contribution is -1.99. The van der Waals surface area contributed by atoms with Crippen LogP contribution in [-0.2, 0) is 0 Å². The summed E-state index contributed by atoms with van der Waals surface area (Å²) in [5.74, 6) is 1.16. The molecule has 0 radical (unpaired) electrons. The third-order valence-corrected chi connectivity index (χ3v) is 4.11. The first-order chi connectivity index (χ1) is 6.88. The van der Waals surface area contributed by atoms with Gasteiger partial charge in [-0.1, -0.05) is 36.4 Å². The molecule has 1 aliphatic rings. The smallest absolute Gasteiger partial charge is 0.206 e. The zero-order chi connectivity index (χ0) is 9.80. The Morgan fingerprint density at radius 1 is 1.50 bits per heavy atom. The fraction of sp³-hybridized carbons (Fsp3) is 0.778. The van der Waals surface area contributed by atoms with Gasteiger partial charge < -0.3 is 5.32 Å². The van der Waals surface area contributed by atoms with Crippen molar-refractivity contribution in [1.82, 2.24) is 10.2 Å². The second-order valence-corrected chi connectivity index (χ2v) is 5.81. The number of anilines is 1. The van der Waals surface area contributed by atoms with Gasteiger partial charge >= 0.3 is 0 Å². The van der Waals surface area contributed by atoms with E-state index in [9.17, 15) is 0 Å². The Kier molecular flexibility index (Phi) is 3.64. The predicted molar refractivity (Wildman–Crippen MR) is 62.2 cm³/mol. The molecular weight excluding hydrogens is 214 g/mol. The molecule has 3 nitrogen and oxygen atoms in total.